The topological polar surface area (TPSA) is 38.8 Å². The maximum Gasteiger partial charge on any atom is 0.414 e. The zero-order valence-corrected chi connectivity index (χ0v) is 16.5. The summed E-state index contributed by atoms with van der Waals surface area (Å²) in [7, 11) is -1.79. The Labute approximate surface area is 145 Å². The van der Waals surface area contributed by atoms with Gasteiger partial charge in [-0.15, -0.1) is 0 Å². The van der Waals surface area contributed by atoms with E-state index in [9.17, 15) is 9.18 Å². The summed E-state index contributed by atoms with van der Waals surface area (Å²) < 4.78 is 25.2. The number of anilines is 1. The first-order valence-electron chi connectivity index (χ1n) is 8.39. The Hall–Kier alpha value is -1.40. The highest BCUT2D eigenvalue weighted by atomic mass is 28.4. The van der Waals surface area contributed by atoms with Crippen molar-refractivity contribution in [3.8, 4) is 0 Å². The Kier molecular flexibility index (Phi) is 5.40. The Balaban J connectivity index is 1.92. The highest BCUT2D eigenvalue weighted by Gasteiger charge is 2.38. The summed E-state index contributed by atoms with van der Waals surface area (Å²) in [6.45, 7) is 13.7. The number of rotatable bonds is 5. The lowest BCUT2D eigenvalue weighted by molar-refractivity contribution is 0.123. The van der Waals surface area contributed by atoms with E-state index in [-0.39, 0.29) is 17.0 Å². The first-order valence-corrected chi connectivity index (χ1v) is 11.3. The van der Waals surface area contributed by atoms with E-state index in [0.717, 1.165) is 0 Å². The van der Waals surface area contributed by atoms with Crippen molar-refractivity contribution in [2.45, 2.75) is 58.4 Å². The number of nitrogens with zero attached hydrogens (tertiary/aromatic N) is 1. The SMILES string of the molecule is Cc1ccc(N2CC(CCO[Si](C)(C)C(C)(C)C)OC2=O)cc1F. The van der Waals surface area contributed by atoms with Gasteiger partial charge in [0.05, 0.1) is 12.2 Å². The Bertz CT molecular complexity index is 613. The van der Waals surface area contributed by atoms with Gasteiger partial charge in [-0.1, -0.05) is 26.8 Å². The minimum Gasteiger partial charge on any atom is -0.444 e. The van der Waals surface area contributed by atoms with Crippen molar-refractivity contribution in [2.75, 3.05) is 18.1 Å². The van der Waals surface area contributed by atoms with Gasteiger partial charge in [-0.3, -0.25) is 4.90 Å². The van der Waals surface area contributed by atoms with Crippen LogP contribution in [0.15, 0.2) is 18.2 Å². The predicted octanol–water partition coefficient (Wildman–Crippen LogP) is 4.87. The lowest BCUT2D eigenvalue weighted by atomic mass is 10.2. The Morgan fingerprint density at radius 1 is 1.38 bits per heavy atom. The number of halogens is 1. The van der Waals surface area contributed by atoms with Gasteiger partial charge in [0.15, 0.2) is 8.32 Å². The van der Waals surface area contributed by atoms with Crippen molar-refractivity contribution in [2.24, 2.45) is 0 Å². The normalized spacial score (nSPS) is 18.9. The van der Waals surface area contributed by atoms with Gasteiger partial charge in [0.1, 0.15) is 11.9 Å². The fourth-order valence-electron chi connectivity index (χ4n) is 2.29. The van der Waals surface area contributed by atoms with Crippen LogP contribution in [0.25, 0.3) is 0 Å². The summed E-state index contributed by atoms with van der Waals surface area (Å²) in [5, 5.41) is 0.158. The molecule has 0 aromatic heterocycles. The van der Waals surface area contributed by atoms with E-state index in [1.54, 1.807) is 19.1 Å². The van der Waals surface area contributed by atoms with Crippen molar-refractivity contribution in [3.63, 3.8) is 0 Å². The third-order valence-corrected chi connectivity index (χ3v) is 9.59. The minimum absolute atomic E-state index is 0.158. The van der Waals surface area contributed by atoms with Crippen molar-refractivity contribution in [3.05, 3.63) is 29.6 Å². The highest BCUT2D eigenvalue weighted by molar-refractivity contribution is 6.74. The summed E-state index contributed by atoms with van der Waals surface area (Å²) in [6.07, 6.45) is 0.0190. The molecule has 0 saturated carbocycles. The Morgan fingerprint density at radius 2 is 2.04 bits per heavy atom. The summed E-state index contributed by atoms with van der Waals surface area (Å²) in [4.78, 5) is 13.5. The van der Waals surface area contributed by atoms with Crippen LogP contribution < -0.4 is 4.90 Å². The van der Waals surface area contributed by atoms with E-state index in [4.69, 9.17) is 9.16 Å². The second kappa shape index (κ2) is 6.84. The molecular formula is C18H28FNO3Si. The van der Waals surface area contributed by atoms with Gasteiger partial charge in [-0.2, -0.15) is 0 Å². The van der Waals surface area contributed by atoms with Crippen LogP contribution in [-0.2, 0) is 9.16 Å². The average molecular weight is 354 g/mol. The van der Waals surface area contributed by atoms with Crippen LogP contribution in [-0.4, -0.2) is 33.7 Å². The van der Waals surface area contributed by atoms with Crippen LogP contribution >= 0.6 is 0 Å². The second-order valence-electron chi connectivity index (χ2n) is 7.95. The highest BCUT2D eigenvalue weighted by Crippen LogP contribution is 2.36. The maximum absolute atomic E-state index is 13.7. The van der Waals surface area contributed by atoms with Gasteiger partial charge >= 0.3 is 6.09 Å². The molecule has 0 N–H and O–H groups in total. The first kappa shape index (κ1) is 18.9. The van der Waals surface area contributed by atoms with Crippen molar-refractivity contribution >= 4 is 20.1 Å². The number of hydrogen-bond donors (Lipinski definition) is 0. The smallest absolute Gasteiger partial charge is 0.414 e. The lowest BCUT2D eigenvalue weighted by Crippen LogP contribution is -2.41. The maximum atomic E-state index is 13.7. The minimum atomic E-state index is -1.79. The molecule has 1 unspecified atom stereocenters. The molecule has 2 rings (SSSR count). The lowest BCUT2D eigenvalue weighted by Gasteiger charge is -2.36. The summed E-state index contributed by atoms with van der Waals surface area (Å²) >= 11 is 0. The first-order chi connectivity index (χ1) is 11.0. The van der Waals surface area contributed by atoms with Crippen LogP contribution in [0.3, 0.4) is 0 Å². The molecule has 0 aliphatic carbocycles. The van der Waals surface area contributed by atoms with Crippen LogP contribution in [0, 0.1) is 12.7 Å². The molecule has 0 radical (unpaired) electrons. The standard InChI is InChI=1S/C18H28FNO3Si/c1-13-7-8-14(11-16(13)19)20-12-15(23-17(20)21)9-10-22-24(5,6)18(2,3)4/h7-8,11,15H,9-10,12H2,1-6H3. The van der Waals surface area contributed by atoms with Crippen LogP contribution in [0.2, 0.25) is 18.1 Å². The molecule has 1 aromatic rings. The number of amides is 1. The van der Waals surface area contributed by atoms with E-state index >= 15 is 0 Å². The number of aryl methyl sites for hydroxylation is 1. The van der Waals surface area contributed by atoms with E-state index in [1.807, 2.05) is 0 Å². The van der Waals surface area contributed by atoms with Gasteiger partial charge < -0.3 is 9.16 Å². The van der Waals surface area contributed by atoms with E-state index in [1.165, 1.54) is 11.0 Å². The molecule has 1 fully saturated rings. The third kappa shape index (κ3) is 4.16. The monoisotopic (exact) mass is 353 g/mol. The quantitative estimate of drug-likeness (QED) is 0.709. The molecule has 1 aromatic carbocycles. The summed E-state index contributed by atoms with van der Waals surface area (Å²) in [5.41, 5.74) is 1.10. The molecule has 6 heteroatoms. The molecule has 1 aliphatic heterocycles. The molecule has 1 aliphatic rings. The number of carbonyl (C=O) groups excluding carboxylic acids is 1. The molecule has 134 valence electrons. The molecule has 1 saturated heterocycles. The molecule has 1 heterocycles. The molecule has 0 bridgehead atoms. The summed E-state index contributed by atoms with van der Waals surface area (Å²) in [5.74, 6) is -0.315. The average Bonchev–Trinajstić information content (AvgIpc) is 2.81. The predicted molar refractivity (Wildman–Crippen MR) is 96.5 cm³/mol. The molecular weight excluding hydrogens is 325 g/mol. The number of hydrogen-bond acceptors (Lipinski definition) is 3. The van der Waals surface area contributed by atoms with Crippen molar-refractivity contribution in [1.29, 1.82) is 0 Å². The van der Waals surface area contributed by atoms with Gasteiger partial charge in [0.25, 0.3) is 0 Å². The Morgan fingerprint density at radius 3 is 2.62 bits per heavy atom. The molecule has 1 atom stereocenters. The number of ether oxygens (including phenoxy) is 1. The van der Waals surface area contributed by atoms with Gasteiger partial charge in [0, 0.05) is 13.0 Å². The fraction of sp³-hybridized carbons (Fsp3) is 0.611. The number of benzene rings is 1. The van der Waals surface area contributed by atoms with Gasteiger partial charge in [-0.25, -0.2) is 9.18 Å². The largest absolute Gasteiger partial charge is 0.444 e. The van der Waals surface area contributed by atoms with Crippen LogP contribution in [0.1, 0.15) is 32.8 Å². The third-order valence-electron chi connectivity index (χ3n) is 5.05. The van der Waals surface area contributed by atoms with Crippen LogP contribution in [0.5, 0.6) is 0 Å². The van der Waals surface area contributed by atoms with Crippen molar-refractivity contribution in [1.82, 2.24) is 0 Å². The van der Waals surface area contributed by atoms with Crippen LogP contribution in [0.4, 0.5) is 14.9 Å². The molecule has 24 heavy (non-hydrogen) atoms. The summed E-state index contributed by atoms with van der Waals surface area (Å²) in [6, 6.07) is 4.80. The fourth-order valence-corrected chi connectivity index (χ4v) is 3.36. The molecule has 0 spiro atoms. The van der Waals surface area contributed by atoms with Gasteiger partial charge in [0.2, 0.25) is 0 Å². The molecule has 1 amide bonds. The van der Waals surface area contributed by atoms with E-state index < -0.39 is 14.4 Å². The van der Waals surface area contributed by atoms with E-state index in [2.05, 4.69) is 33.9 Å². The number of cyclic esters (lactones) is 1. The number of carbonyl (C=O) groups is 1. The second-order valence-corrected chi connectivity index (χ2v) is 12.8. The molecule has 4 nitrogen and oxygen atoms in total. The zero-order valence-electron chi connectivity index (χ0n) is 15.5. The van der Waals surface area contributed by atoms with Crippen molar-refractivity contribution < 1.29 is 18.3 Å². The van der Waals surface area contributed by atoms with E-state index in [0.29, 0.717) is 30.8 Å². The zero-order chi connectivity index (χ0) is 18.1. The van der Waals surface area contributed by atoms with Gasteiger partial charge in [-0.05, 0) is 42.8 Å².